The van der Waals surface area contributed by atoms with Gasteiger partial charge in [-0.05, 0) is 125 Å². The summed E-state index contributed by atoms with van der Waals surface area (Å²) in [5.41, 5.74) is 4.53. The van der Waals surface area contributed by atoms with Crippen LogP contribution < -0.4 is 63.3 Å². The lowest BCUT2D eigenvalue weighted by Crippen LogP contribution is -2.47. The molecule has 9 rings (SSSR count). The van der Waals surface area contributed by atoms with Gasteiger partial charge in [0.25, 0.3) is 17.7 Å². The van der Waals surface area contributed by atoms with Crippen LogP contribution in [0.15, 0.2) is 98.7 Å². The summed E-state index contributed by atoms with van der Waals surface area (Å²) in [7, 11) is 0. The van der Waals surface area contributed by atoms with Gasteiger partial charge in [-0.15, -0.1) is 0 Å². The number of aliphatic hydroxyl groups excluding tert-OH is 1. The fraction of sp³-hybridized carbons (Fsp3) is 0.459. The van der Waals surface area contributed by atoms with Crippen molar-refractivity contribution >= 4 is 109 Å². The molecule has 28 nitrogen and oxygen atoms in total. The number of piperidine rings is 1. The minimum Gasteiger partial charge on any atom is -0.507 e. The number of unbranched alkanes of at least 4 members (excludes halogenated alkanes) is 2. The summed E-state index contributed by atoms with van der Waals surface area (Å²) in [5.74, 6) is -6.18. The second kappa shape index (κ2) is 33.6. The van der Waals surface area contributed by atoms with Crippen molar-refractivity contribution in [2.24, 2.45) is 35.3 Å². The number of benzene rings is 4. The van der Waals surface area contributed by atoms with Gasteiger partial charge in [0.15, 0.2) is 22.4 Å². The number of hydrogen-bond acceptors (Lipinski definition) is 20. The summed E-state index contributed by atoms with van der Waals surface area (Å²) in [6.45, 7) is 15.2. The van der Waals surface area contributed by atoms with Crippen LogP contribution in [0.5, 0.6) is 11.5 Å². The highest BCUT2D eigenvalue weighted by Crippen LogP contribution is 2.43. The normalized spacial score (nSPS) is 21.9. The number of ether oxygens (including phenoxy) is 4. The maximum Gasteiger partial charge on any atom is 0.407 e. The Hall–Kier alpha value is -10.8. The number of carbonyl (C=O) groups is 9. The van der Waals surface area contributed by atoms with E-state index in [-0.39, 0.29) is 148 Å². The third-order valence-electron chi connectivity index (χ3n) is 18.8. The highest BCUT2D eigenvalue weighted by Gasteiger charge is 2.44. The quantitative estimate of drug-likeness (QED) is 0.0112. The zero-order valence-corrected chi connectivity index (χ0v) is 58.6. The molecule has 4 aliphatic rings. The number of allylic oxidation sites excluding steroid dienone is 4. The van der Waals surface area contributed by atoms with Crippen LogP contribution in [0.25, 0.3) is 38.7 Å². The van der Waals surface area contributed by atoms with Gasteiger partial charge in [0.1, 0.15) is 41.5 Å². The van der Waals surface area contributed by atoms with Crippen LogP contribution >= 0.6 is 0 Å². The summed E-state index contributed by atoms with van der Waals surface area (Å²) in [4.78, 5) is 151. The van der Waals surface area contributed by atoms with E-state index in [9.17, 15) is 58.2 Å². The summed E-state index contributed by atoms with van der Waals surface area (Å²) in [5, 5.41) is 39.7. The van der Waals surface area contributed by atoms with Crippen molar-refractivity contribution in [2.45, 2.75) is 151 Å². The molecular weight excluding hydrogens is 1320 g/mol. The Bertz CT molecular complexity index is 4370. The van der Waals surface area contributed by atoms with Crippen molar-refractivity contribution in [1.29, 1.82) is 0 Å². The number of carbonyl (C=O) groups excluding carboxylic acids is 9. The van der Waals surface area contributed by atoms with Crippen molar-refractivity contribution in [3.8, 4) is 11.5 Å². The lowest BCUT2D eigenvalue weighted by molar-refractivity contribution is -0.152. The molecule has 5 heterocycles. The number of nitrogens with two attached hydrogens (primary N) is 1. The van der Waals surface area contributed by atoms with E-state index in [0.29, 0.717) is 68.6 Å². The highest BCUT2D eigenvalue weighted by molar-refractivity contribution is 6.17. The summed E-state index contributed by atoms with van der Waals surface area (Å²) < 4.78 is 30.5. The molecule has 544 valence electrons. The van der Waals surface area contributed by atoms with Crippen LogP contribution in [0.2, 0.25) is 0 Å². The number of alkyl carbamates (subject to hydrolysis) is 1. The molecule has 5 aromatic rings. The molecule has 4 bridgehead atoms. The molecule has 4 aromatic carbocycles. The molecule has 4 aliphatic heterocycles. The van der Waals surface area contributed by atoms with Crippen molar-refractivity contribution < 1.29 is 76.7 Å². The number of anilines is 3. The number of nitrogens with one attached hydrogen (secondary N) is 6. The number of aromatic nitrogens is 1. The first-order valence-electron chi connectivity index (χ1n) is 34.5. The number of amides is 9. The molecule has 1 fully saturated rings. The van der Waals surface area contributed by atoms with E-state index in [1.54, 1.807) is 55.5 Å². The van der Waals surface area contributed by atoms with Gasteiger partial charge < -0.3 is 76.1 Å². The molecule has 1 saturated heterocycles. The Morgan fingerprint density at radius 3 is 2.29 bits per heavy atom. The van der Waals surface area contributed by atoms with Gasteiger partial charge in [-0.2, -0.15) is 0 Å². The average Bonchev–Trinajstić information content (AvgIpc) is 1.43. The molecule has 0 spiro atoms. The van der Waals surface area contributed by atoms with Crippen LogP contribution in [-0.4, -0.2) is 131 Å². The van der Waals surface area contributed by atoms with Gasteiger partial charge in [0.05, 0.1) is 23.4 Å². The fourth-order valence-corrected chi connectivity index (χ4v) is 13.4. The molecule has 102 heavy (non-hydrogen) atoms. The lowest BCUT2D eigenvalue weighted by Gasteiger charge is -2.33. The Labute approximate surface area is 588 Å². The number of imide groups is 1. The maximum atomic E-state index is 15.1. The molecule has 7 atom stereocenters. The highest BCUT2D eigenvalue weighted by atomic mass is 16.7. The molecule has 0 saturated carbocycles. The zero-order chi connectivity index (χ0) is 73.7. The van der Waals surface area contributed by atoms with E-state index in [1.165, 1.54) is 45.3 Å². The Kier molecular flexibility index (Phi) is 24.8. The van der Waals surface area contributed by atoms with Gasteiger partial charge in [-0.1, -0.05) is 64.5 Å². The van der Waals surface area contributed by atoms with Crippen LogP contribution in [0, 0.1) is 36.5 Å². The molecule has 0 radical (unpaired) electrons. The number of aromatic hydroxyl groups is 1. The molecule has 10 N–H and O–H groups in total. The fourth-order valence-electron chi connectivity index (χ4n) is 13.4. The zero-order valence-electron chi connectivity index (χ0n) is 58.6. The van der Waals surface area contributed by atoms with Crippen molar-refractivity contribution in [3.63, 3.8) is 0 Å². The second-order valence-corrected chi connectivity index (χ2v) is 27.1. The number of urea groups is 1. The molecule has 9 amide bonds. The first-order chi connectivity index (χ1) is 48.6. The summed E-state index contributed by atoms with van der Waals surface area (Å²) in [6.07, 6.45) is 15.0. The third-order valence-corrected chi connectivity index (χ3v) is 18.8. The minimum atomic E-state index is -1.92. The molecular formula is C74H90N10O18. The number of fused-ring (bicyclic) bond motifs is 2. The Balaban J connectivity index is 0.844. The van der Waals surface area contributed by atoms with E-state index in [2.05, 4.69) is 52.7 Å². The third kappa shape index (κ3) is 18.6. The number of nitrogens with zero attached hydrogens (tertiary/aromatic N) is 3. The smallest absolute Gasteiger partial charge is 0.407 e. The lowest BCUT2D eigenvalue weighted by atomic mass is 9.82. The van der Waals surface area contributed by atoms with Gasteiger partial charge >= 0.3 is 23.9 Å². The van der Waals surface area contributed by atoms with E-state index in [4.69, 9.17) is 34.1 Å². The maximum absolute atomic E-state index is 15.1. The van der Waals surface area contributed by atoms with Gasteiger partial charge in [-0.25, -0.2) is 14.6 Å². The number of aliphatic hydroxyl groups is 1. The Morgan fingerprint density at radius 2 is 1.59 bits per heavy atom. The van der Waals surface area contributed by atoms with Crippen molar-refractivity contribution in [2.75, 3.05) is 54.8 Å². The monoisotopic (exact) mass is 1410 g/mol. The molecule has 0 unspecified atom stereocenters. The number of phenols is 1. The van der Waals surface area contributed by atoms with Crippen molar-refractivity contribution in [1.82, 2.24) is 31.2 Å². The van der Waals surface area contributed by atoms with E-state index in [1.807, 2.05) is 17.9 Å². The number of phenolic OH excluding ortho intramolecular Hbond substituents is 1. The van der Waals surface area contributed by atoms with E-state index < -0.39 is 88.6 Å². The first kappa shape index (κ1) is 75.4. The van der Waals surface area contributed by atoms with Gasteiger partial charge in [0.2, 0.25) is 28.6 Å². The minimum absolute atomic E-state index is 0.00451. The van der Waals surface area contributed by atoms with E-state index >= 15 is 4.79 Å². The van der Waals surface area contributed by atoms with Crippen LogP contribution in [0.1, 0.15) is 130 Å². The molecule has 1 aromatic heterocycles. The van der Waals surface area contributed by atoms with Crippen LogP contribution in [0.4, 0.5) is 26.7 Å². The average molecular weight is 1410 g/mol. The van der Waals surface area contributed by atoms with Gasteiger partial charge in [0, 0.05) is 105 Å². The number of esters is 1. The number of primary amides is 1. The van der Waals surface area contributed by atoms with Crippen molar-refractivity contribution in [3.05, 3.63) is 121 Å². The predicted octanol–water partition coefficient (Wildman–Crippen LogP) is 7.61. The number of hydrogen-bond donors (Lipinski definition) is 9. The topological polar surface area (TPSA) is 396 Å². The van der Waals surface area contributed by atoms with Gasteiger partial charge in [-0.3, -0.25) is 48.1 Å². The van der Waals surface area contributed by atoms with Crippen LogP contribution in [0.3, 0.4) is 0 Å². The number of rotatable bonds is 21. The predicted molar refractivity (Wildman–Crippen MR) is 380 cm³/mol. The molecule has 0 aliphatic carbocycles. The standard InChI is InChI=1S/C74H90N10O18/c1-40-15-12-16-43(4)70(94)82-63-65(92)59-58(60-67(45(6)64(59)91)102-74(8,69(60)93)99-32-14-17-42(3)66(100-46(7)85)44(5)34-41(2)33-40)62-68(63)101-53-36-50(35-52(86)61(53)81-62)83-30-26-47(27-31-83)37-78-73(97)98-39-48-20-22-49(23-21-48)79-71(95)51(18-13-28-76-72(75)96)80-55(88)38-77-54(87)19-10-9-11-29-84-56(89)24-25-57(84)90/h12,14-16,20-25,32,35-36,40-42,44,47,51,66,91,93H,9-11,13,17-19,26-31,33-34,37-39H2,1-8H3,(H,77,87)(H,78,97)(H,79,95)(H,80,88)(H,82,94)(H3,75,76,96)/b15-12+,32-14+,43-16-/t40-,41+,42+,44+,51-,66+,74-/m0/s1. The first-order valence-corrected chi connectivity index (χ1v) is 34.5. The SMILES string of the molecule is CC(=O)O[C@@H]1[C@H](C)C/C=C/O[C@@]2(C)Oc3c(C)c(O)c4c(=O)c(c5oc6cc(N7CCC(CNC(=O)OCc8ccc(NC(=O)[C@H](CCCNC(N)=O)NC(=O)CNC(=O)CCCCCN9C(=O)C=CC9=O)cc8)CC7)cc(=O)c6nc5c4c3=C2O)NC(=O)/C(C)=C\C=C\[C@H](C)C[C@@H](C)C[C@H]1C. The molecule has 28 heteroatoms. The largest absolute Gasteiger partial charge is 0.507 e. The van der Waals surface area contributed by atoms with Crippen LogP contribution in [-0.2, 0) is 54.4 Å². The second-order valence-electron chi connectivity index (χ2n) is 27.1. The Morgan fingerprint density at radius 1 is 0.863 bits per heavy atom. The summed E-state index contributed by atoms with van der Waals surface area (Å²) in [6, 6.07) is 7.69. The van der Waals surface area contributed by atoms with E-state index in [0.717, 1.165) is 17.7 Å². The summed E-state index contributed by atoms with van der Waals surface area (Å²) >= 11 is 0.